The summed E-state index contributed by atoms with van der Waals surface area (Å²) < 4.78 is 43.4. The van der Waals surface area contributed by atoms with E-state index in [9.17, 15) is 18.3 Å². The summed E-state index contributed by atoms with van der Waals surface area (Å²) in [6, 6.07) is 31.8. The number of nitrogens with one attached hydrogen (secondary N) is 2. The molecule has 0 bridgehead atoms. The number of aliphatic hydroxyl groups excluding tert-OH is 1. The standard InChI is InChI=1S/C38H42N4O6S/c1-26-35(24-41-21-19-31(20-22-41)42-34-10-6-5-9-33(34)40-38(42)44)47-37(48-36(26)29-15-13-28(25-43)14-16-29)30-17-11-27(12-18-30)23-39-49(45,46)32-7-3-2-4-8-32/h2-18,26,31,35-37,39,43H,19-25H2,1H3,(H,40,44). The Morgan fingerprint density at radius 1 is 0.837 bits per heavy atom. The molecule has 3 N–H and O–H groups in total. The predicted molar refractivity (Wildman–Crippen MR) is 187 cm³/mol. The fraction of sp³-hybridized carbons (Fsp3) is 0.342. The van der Waals surface area contributed by atoms with Crippen molar-refractivity contribution in [3.63, 3.8) is 0 Å². The van der Waals surface area contributed by atoms with Gasteiger partial charge in [-0.25, -0.2) is 17.9 Å². The van der Waals surface area contributed by atoms with E-state index < -0.39 is 16.3 Å². The first-order valence-electron chi connectivity index (χ1n) is 16.8. The van der Waals surface area contributed by atoms with Crippen molar-refractivity contribution >= 4 is 21.1 Å². The summed E-state index contributed by atoms with van der Waals surface area (Å²) in [6.07, 6.45) is 0.734. The summed E-state index contributed by atoms with van der Waals surface area (Å²) in [4.78, 5) is 18.5. The Labute approximate surface area is 286 Å². The lowest BCUT2D eigenvalue weighted by Crippen LogP contribution is -2.47. The normalized spacial score (nSPS) is 22.4. The first-order chi connectivity index (χ1) is 23.8. The third-order valence-electron chi connectivity index (χ3n) is 9.88. The number of aliphatic hydroxyl groups is 1. The molecule has 2 fully saturated rings. The number of ether oxygens (including phenoxy) is 2. The van der Waals surface area contributed by atoms with Gasteiger partial charge in [0.05, 0.1) is 34.7 Å². The summed E-state index contributed by atoms with van der Waals surface area (Å²) in [6.45, 7) is 4.71. The highest BCUT2D eigenvalue weighted by atomic mass is 32.2. The number of hydrogen-bond donors (Lipinski definition) is 3. The van der Waals surface area contributed by atoms with Gasteiger partial charge in [-0.1, -0.05) is 85.8 Å². The molecule has 0 spiro atoms. The first kappa shape index (κ1) is 33.4. The molecule has 10 nitrogen and oxygen atoms in total. The quantitative estimate of drug-likeness (QED) is 0.180. The number of piperidine rings is 1. The summed E-state index contributed by atoms with van der Waals surface area (Å²) in [5, 5.41) is 9.60. The van der Waals surface area contributed by atoms with Crippen molar-refractivity contribution in [1.82, 2.24) is 19.2 Å². The molecule has 256 valence electrons. The van der Waals surface area contributed by atoms with Crippen LogP contribution >= 0.6 is 0 Å². The van der Waals surface area contributed by atoms with E-state index in [4.69, 9.17) is 9.47 Å². The van der Waals surface area contributed by atoms with Gasteiger partial charge in [0.25, 0.3) is 0 Å². The zero-order valence-corrected chi connectivity index (χ0v) is 28.3. The number of sulfonamides is 1. The number of hydrogen-bond acceptors (Lipinski definition) is 7. The number of aromatic nitrogens is 2. The molecule has 2 aliphatic heterocycles. The Kier molecular flexibility index (Phi) is 9.82. The zero-order valence-electron chi connectivity index (χ0n) is 27.4. The predicted octanol–water partition coefficient (Wildman–Crippen LogP) is 5.43. The topological polar surface area (TPSA) is 126 Å². The van der Waals surface area contributed by atoms with Crippen LogP contribution in [0.25, 0.3) is 11.0 Å². The molecule has 0 aliphatic carbocycles. The highest BCUT2D eigenvalue weighted by Gasteiger charge is 2.39. The number of aromatic amines is 1. The summed E-state index contributed by atoms with van der Waals surface area (Å²) in [5.41, 5.74) is 5.28. The monoisotopic (exact) mass is 682 g/mol. The number of para-hydroxylation sites is 2. The van der Waals surface area contributed by atoms with Crippen LogP contribution in [0, 0.1) is 5.92 Å². The van der Waals surface area contributed by atoms with Gasteiger partial charge in [-0.2, -0.15) is 0 Å². The highest BCUT2D eigenvalue weighted by molar-refractivity contribution is 7.89. The number of fused-ring (bicyclic) bond motifs is 1. The molecule has 0 amide bonds. The molecular weight excluding hydrogens is 641 g/mol. The lowest BCUT2D eigenvalue weighted by Gasteiger charge is -2.44. The van der Waals surface area contributed by atoms with E-state index in [1.54, 1.807) is 30.3 Å². The molecule has 4 unspecified atom stereocenters. The van der Waals surface area contributed by atoms with Gasteiger partial charge in [-0.05, 0) is 53.8 Å². The van der Waals surface area contributed by atoms with E-state index >= 15 is 0 Å². The van der Waals surface area contributed by atoms with Crippen molar-refractivity contribution in [2.24, 2.45) is 5.92 Å². The lowest BCUT2D eigenvalue weighted by molar-refractivity contribution is -0.276. The fourth-order valence-corrected chi connectivity index (χ4v) is 8.07. The van der Waals surface area contributed by atoms with Crippen LogP contribution in [0.5, 0.6) is 0 Å². The minimum Gasteiger partial charge on any atom is -0.392 e. The molecule has 5 aromatic rings. The maximum atomic E-state index is 12.8. The van der Waals surface area contributed by atoms with Crippen LogP contribution in [0.1, 0.15) is 60.5 Å². The van der Waals surface area contributed by atoms with Gasteiger partial charge in [-0.3, -0.25) is 4.57 Å². The van der Waals surface area contributed by atoms with Gasteiger partial charge in [0.15, 0.2) is 6.29 Å². The molecule has 2 aliphatic rings. The molecule has 49 heavy (non-hydrogen) atoms. The van der Waals surface area contributed by atoms with E-state index in [1.807, 2.05) is 77.4 Å². The van der Waals surface area contributed by atoms with E-state index in [0.29, 0.717) is 0 Å². The Morgan fingerprint density at radius 3 is 2.20 bits per heavy atom. The van der Waals surface area contributed by atoms with Crippen LogP contribution in [0.4, 0.5) is 0 Å². The van der Waals surface area contributed by atoms with E-state index in [0.717, 1.165) is 65.8 Å². The Morgan fingerprint density at radius 2 is 1.49 bits per heavy atom. The van der Waals surface area contributed by atoms with Gasteiger partial charge in [0, 0.05) is 43.7 Å². The van der Waals surface area contributed by atoms with Crippen LogP contribution in [-0.2, 0) is 32.6 Å². The smallest absolute Gasteiger partial charge is 0.326 e. The van der Waals surface area contributed by atoms with Gasteiger partial charge >= 0.3 is 5.69 Å². The Bertz CT molecular complexity index is 2020. The summed E-state index contributed by atoms with van der Waals surface area (Å²) in [7, 11) is -3.63. The highest BCUT2D eigenvalue weighted by Crippen LogP contribution is 2.42. The van der Waals surface area contributed by atoms with E-state index in [-0.39, 0.29) is 47.9 Å². The molecule has 3 heterocycles. The van der Waals surface area contributed by atoms with Crippen molar-refractivity contribution in [2.45, 2.75) is 62.4 Å². The van der Waals surface area contributed by atoms with Crippen molar-refractivity contribution in [3.05, 3.63) is 136 Å². The van der Waals surface area contributed by atoms with Crippen LogP contribution in [0.3, 0.4) is 0 Å². The van der Waals surface area contributed by atoms with E-state index in [2.05, 4.69) is 21.5 Å². The van der Waals surface area contributed by atoms with Crippen molar-refractivity contribution < 1.29 is 23.0 Å². The maximum absolute atomic E-state index is 12.8. The number of nitrogens with zero attached hydrogens (tertiary/aromatic N) is 2. The summed E-state index contributed by atoms with van der Waals surface area (Å²) >= 11 is 0. The molecule has 2 saturated heterocycles. The number of likely N-dealkylation sites (tertiary alicyclic amines) is 1. The second-order valence-corrected chi connectivity index (χ2v) is 14.8. The number of benzene rings is 4. The number of rotatable bonds is 10. The lowest BCUT2D eigenvalue weighted by atomic mass is 9.89. The van der Waals surface area contributed by atoms with Crippen LogP contribution in [0.2, 0.25) is 0 Å². The van der Waals surface area contributed by atoms with Crippen molar-refractivity contribution in [3.8, 4) is 0 Å². The minimum absolute atomic E-state index is 0.0236. The van der Waals surface area contributed by atoms with Gasteiger partial charge in [0.2, 0.25) is 10.0 Å². The second kappa shape index (κ2) is 14.4. The molecule has 0 saturated carbocycles. The number of imidazole rings is 1. The molecule has 1 aromatic heterocycles. The Balaban J connectivity index is 1.05. The average Bonchev–Trinajstić information content (AvgIpc) is 3.48. The molecule has 4 aromatic carbocycles. The number of H-pyrrole nitrogens is 1. The van der Waals surface area contributed by atoms with Crippen molar-refractivity contribution in [2.75, 3.05) is 19.6 Å². The van der Waals surface area contributed by atoms with Gasteiger partial charge in [-0.15, -0.1) is 0 Å². The van der Waals surface area contributed by atoms with Crippen LogP contribution in [-0.4, -0.2) is 53.7 Å². The van der Waals surface area contributed by atoms with Crippen LogP contribution in [0.15, 0.2) is 113 Å². The molecule has 11 heteroatoms. The molecular formula is C38H42N4O6S. The third-order valence-corrected chi connectivity index (χ3v) is 11.3. The SMILES string of the molecule is CC1C(CN2CCC(n3c(=O)[nH]c4ccccc43)CC2)OC(c2ccc(CNS(=O)(=O)c3ccccc3)cc2)OC1c1ccc(CO)cc1. The van der Waals surface area contributed by atoms with Crippen molar-refractivity contribution in [1.29, 1.82) is 0 Å². The van der Waals surface area contributed by atoms with Gasteiger partial charge in [0.1, 0.15) is 0 Å². The van der Waals surface area contributed by atoms with Gasteiger partial charge < -0.3 is 24.5 Å². The summed E-state index contributed by atoms with van der Waals surface area (Å²) in [5.74, 6) is 0.0388. The zero-order chi connectivity index (χ0) is 34.0. The van der Waals surface area contributed by atoms with E-state index in [1.165, 1.54) is 0 Å². The first-order valence-corrected chi connectivity index (χ1v) is 18.3. The minimum atomic E-state index is -3.63. The maximum Gasteiger partial charge on any atom is 0.326 e. The average molecular weight is 683 g/mol. The third kappa shape index (κ3) is 7.28. The largest absolute Gasteiger partial charge is 0.392 e. The molecule has 0 radical (unpaired) electrons. The Hall–Kier alpha value is -4.10. The second-order valence-electron chi connectivity index (χ2n) is 13.1. The molecule has 4 atom stereocenters. The van der Waals surface area contributed by atoms with Crippen LogP contribution < -0.4 is 10.4 Å². The molecule has 7 rings (SSSR count). The fourth-order valence-electron chi connectivity index (χ4n) is 7.03.